The first-order chi connectivity index (χ1) is 19.7. The van der Waals surface area contributed by atoms with Gasteiger partial charge in [-0.2, -0.15) is 0 Å². The van der Waals surface area contributed by atoms with Gasteiger partial charge in [0.05, 0.1) is 0 Å². The fourth-order valence-corrected chi connectivity index (χ4v) is 6.60. The van der Waals surface area contributed by atoms with Crippen molar-refractivity contribution in [2.45, 2.75) is 220 Å². The molecule has 0 nitrogen and oxygen atoms in total. The molecular formula is C40H74. The topological polar surface area (TPSA) is 0 Å². The van der Waals surface area contributed by atoms with Gasteiger partial charge in [0.2, 0.25) is 0 Å². The highest BCUT2D eigenvalue weighted by Gasteiger charge is 2.11. The molecule has 40 heavy (non-hydrogen) atoms. The molecule has 0 heteroatoms. The van der Waals surface area contributed by atoms with Crippen LogP contribution in [0.5, 0.6) is 0 Å². The van der Waals surface area contributed by atoms with Crippen molar-refractivity contribution in [2.75, 3.05) is 0 Å². The molecule has 0 N–H and O–H groups in total. The Morgan fingerprint density at radius 3 is 0.875 bits per heavy atom. The second-order valence-corrected chi connectivity index (χ2v) is 13.3. The summed E-state index contributed by atoms with van der Waals surface area (Å²) in [5.41, 5.74) is 6.71. The Morgan fingerprint density at radius 2 is 0.575 bits per heavy atom. The van der Waals surface area contributed by atoms with Gasteiger partial charge in [0.15, 0.2) is 0 Å². The van der Waals surface area contributed by atoms with E-state index in [0.29, 0.717) is 0 Å². The number of hydrogen-bond acceptors (Lipinski definition) is 0. The van der Waals surface area contributed by atoms with Gasteiger partial charge in [-0.15, -0.1) is 0 Å². The van der Waals surface area contributed by atoms with Gasteiger partial charge in [-0.05, 0) is 62.1 Å². The first kappa shape index (κ1) is 37.2. The lowest BCUT2D eigenvalue weighted by Crippen LogP contribution is -2.03. The van der Waals surface area contributed by atoms with Gasteiger partial charge < -0.3 is 0 Å². The lowest BCUT2D eigenvalue weighted by atomic mass is 9.88. The summed E-state index contributed by atoms with van der Waals surface area (Å²) in [5.74, 6) is 0. The van der Waals surface area contributed by atoms with E-state index in [2.05, 4.69) is 39.8 Å². The van der Waals surface area contributed by atoms with Gasteiger partial charge in [-0.1, -0.05) is 193 Å². The molecule has 1 aromatic rings. The second kappa shape index (κ2) is 28.3. The van der Waals surface area contributed by atoms with Gasteiger partial charge in [0.1, 0.15) is 0 Å². The Bertz CT molecular complexity index is 613. The highest BCUT2D eigenvalue weighted by Crippen LogP contribution is 2.25. The third-order valence-corrected chi connectivity index (χ3v) is 9.21. The zero-order valence-electron chi connectivity index (χ0n) is 28.4. The fraction of sp³-hybridized carbons (Fsp3) is 0.850. The minimum absolute atomic E-state index is 1.31. The number of hydrogen-bond donors (Lipinski definition) is 0. The molecule has 0 aromatic heterocycles. The summed E-state index contributed by atoms with van der Waals surface area (Å²) in [6.07, 6.45) is 42.5. The summed E-state index contributed by atoms with van der Waals surface area (Å²) in [5, 5.41) is 0. The molecule has 0 aliphatic heterocycles. The highest BCUT2D eigenvalue weighted by molar-refractivity contribution is 5.39. The van der Waals surface area contributed by atoms with Crippen molar-refractivity contribution in [1.29, 1.82) is 0 Å². The first-order valence-corrected chi connectivity index (χ1v) is 18.8. The van der Waals surface area contributed by atoms with Crippen molar-refractivity contribution in [1.82, 2.24) is 0 Å². The van der Waals surface area contributed by atoms with E-state index < -0.39 is 0 Å². The van der Waals surface area contributed by atoms with Gasteiger partial charge in [-0.3, -0.25) is 0 Å². The molecule has 0 heterocycles. The molecule has 0 aliphatic rings. The predicted molar refractivity (Wildman–Crippen MR) is 184 cm³/mol. The third-order valence-electron chi connectivity index (χ3n) is 9.21. The van der Waals surface area contributed by atoms with E-state index in [1.54, 1.807) is 16.7 Å². The molecule has 0 spiro atoms. The van der Waals surface area contributed by atoms with Crippen LogP contribution >= 0.6 is 0 Å². The van der Waals surface area contributed by atoms with Crippen molar-refractivity contribution in [3.05, 3.63) is 34.4 Å². The lowest BCUT2D eigenvalue weighted by Gasteiger charge is -2.17. The van der Waals surface area contributed by atoms with Crippen LogP contribution in [0.25, 0.3) is 0 Å². The monoisotopic (exact) mass is 555 g/mol. The van der Waals surface area contributed by atoms with Crippen LogP contribution in [0.4, 0.5) is 0 Å². The SMILES string of the molecule is CCCCCCCCCCCc1cc(C)cc(CCCCCCCCCCC)c1CCCCCCCCCCC. The number of benzene rings is 1. The predicted octanol–water partition coefficient (Wildman–Crippen LogP) is 14.2. The van der Waals surface area contributed by atoms with Crippen LogP contribution in [0.3, 0.4) is 0 Å². The molecule has 0 radical (unpaired) electrons. The van der Waals surface area contributed by atoms with E-state index in [1.807, 2.05) is 0 Å². The fourth-order valence-electron chi connectivity index (χ4n) is 6.60. The van der Waals surface area contributed by atoms with E-state index in [1.165, 1.54) is 198 Å². The van der Waals surface area contributed by atoms with Crippen molar-refractivity contribution in [3.63, 3.8) is 0 Å². The van der Waals surface area contributed by atoms with E-state index in [-0.39, 0.29) is 0 Å². The molecule has 0 saturated heterocycles. The number of unbranched alkanes of at least 4 members (excludes halogenated alkanes) is 24. The molecular weight excluding hydrogens is 480 g/mol. The molecule has 0 amide bonds. The average molecular weight is 555 g/mol. The molecule has 234 valence electrons. The maximum absolute atomic E-state index is 2.56. The van der Waals surface area contributed by atoms with Crippen LogP contribution < -0.4 is 0 Å². The molecule has 0 unspecified atom stereocenters. The number of aryl methyl sites for hydroxylation is 3. The van der Waals surface area contributed by atoms with Crippen molar-refractivity contribution in [3.8, 4) is 0 Å². The van der Waals surface area contributed by atoms with Crippen molar-refractivity contribution < 1.29 is 0 Å². The second-order valence-electron chi connectivity index (χ2n) is 13.3. The molecule has 0 atom stereocenters. The quantitative estimate of drug-likeness (QED) is 0.0829. The van der Waals surface area contributed by atoms with E-state index in [0.717, 1.165) is 0 Å². The summed E-state index contributed by atoms with van der Waals surface area (Å²) in [7, 11) is 0. The van der Waals surface area contributed by atoms with E-state index >= 15 is 0 Å². The lowest BCUT2D eigenvalue weighted by molar-refractivity contribution is 0.558. The maximum atomic E-state index is 2.56. The maximum Gasteiger partial charge on any atom is -0.0273 e. The third kappa shape index (κ3) is 21.0. The normalized spacial score (nSPS) is 11.5. The van der Waals surface area contributed by atoms with Crippen LogP contribution in [0.15, 0.2) is 12.1 Å². The molecule has 0 bridgehead atoms. The van der Waals surface area contributed by atoms with Crippen LogP contribution in [0, 0.1) is 6.92 Å². The van der Waals surface area contributed by atoms with E-state index in [4.69, 9.17) is 0 Å². The molecule has 0 fully saturated rings. The number of rotatable bonds is 30. The summed E-state index contributed by atoms with van der Waals surface area (Å²) >= 11 is 0. The largest absolute Gasteiger partial charge is 0.0654 e. The smallest absolute Gasteiger partial charge is 0.0273 e. The standard InChI is InChI=1S/C40H74/c1-5-8-11-14-17-20-23-26-29-32-38-35-37(4)36-39(33-30-27-24-21-18-15-12-9-6-2)40(38)34-31-28-25-22-19-16-13-10-7-3/h35-36H,5-34H2,1-4H3. The van der Waals surface area contributed by atoms with Gasteiger partial charge >= 0.3 is 0 Å². The average Bonchev–Trinajstić information content (AvgIpc) is 2.95. The minimum atomic E-state index is 1.31. The molecule has 0 aliphatic carbocycles. The summed E-state index contributed by atoms with van der Waals surface area (Å²) in [4.78, 5) is 0. The Hall–Kier alpha value is -0.780. The Morgan fingerprint density at radius 1 is 0.325 bits per heavy atom. The van der Waals surface area contributed by atoms with Gasteiger partial charge in [-0.25, -0.2) is 0 Å². The van der Waals surface area contributed by atoms with Crippen LogP contribution in [-0.4, -0.2) is 0 Å². The van der Waals surface area contributed by atoms with Gasteiger partial charge in [0, 0.05) is 0 Å². The van der Waals surface area contributed by atoms with Crippen LogP contribution in [-0.2, 0) is 19.3 Å². The summed E-state index contributed by atoms with van der Waals surface area (Å²) < 4.78 is 0. The minimum Gasteiger partial charge on any atom is -0.0654 e. The van der Waals surface area contributed by atoms with Crippen molar-refractivity contribution in [2.24, 2.45) is 0 Å². The summed E-state index contributed by atoms with van der Waals surface area (Å²) in [6.45, 7) is 9.30. The first-order valence-electron chi connectivity index (χ1n) is 18.8. The van der Waals surface area contributed by atoms with E-state index in [9.17, 15) is 0 Å². The Balaban J connectivity index is 2.53. The highest BCUT2D eigenvalue weighted by atomic mass is 14.2. The zero-order valence-corrected chi connectivity index (χ0v) is 28.4. The summed E-state index contributed by atoms with van der Waals surface area (Å²) in [6, 6.07) is 5.13. The Kier molecular flexibility index (Phi) is 26.4. The zero-order chi connectivity index (χ0) is 28.9. The van der Waals surface area contributed by atoms with Crippen LogP contribution in [0.1, 0.15) is 216 Å². The van der Waals surface area contributed by atoms with Gasteiger partial charge in [0.25, 0.3) is 0 Å². The van der Waals surface area contributed by atoms with Crippen molar-refractivity contribution >= 4 is 0 Å². The molecule has 1 rings (SSSR count). The Labute approximate surface area is 254 Å². The van der Waals surface area contributed by atoms with Crippen LogP contribution in [0.2, 0.25) is 0 Å². The molecule has 1 aromatic carbocycles. The molecule has 0 saturated carbocycles.